The van der Waals surface area contributed by atoms with Crippen LogP contribution in [-0.4, -0.2) is 56.7 Å². The monoisotopic (exact) mass is 337 g/mol. The number of hydrogen-bond donors (Lipinski definition) is 2. The molecular weight excluding hydrogens is 318 g/mol. The predicted octanol–water partition coefficient (Wildman–Crippen LogP) is 1.54. The van der Waals surface area contributed by atoms with Gasteiger partial charge in [0.05, 0.1) is 11.9 Å². The molecule has 0 spiro atoms. The molecule has 0 radical (unpaired) electrons. The van der Waals surface area contributed by atoms with E-state index in [1.165, 1.54) is 10.7 Å². The highest BCUT2D eigenvalue weighted by Gasteiger charge is 2.24. The first-order chi connectivity index (χ1) is 12.1. The average Bonchev–Trinajstić information content (AvgIpc) is 3.22. The summed E-state index contributed by atoms with van der Waals surface area (Å²) in [6.07, 6.45) is 2.38. The molecular formula is C18H19N5O2. The molecule has 1 fully saturated rings. The summed E-state index contributed by atoms with van der Waals surface area (Å²) in [7, 11) is 2.03. The van der Waals surface area contributed by atoms with Crippen LogP contribution in [0.4, 0.5) is 0 Å². The molecule has 0 saturated carbocycles. The molecule has 7 nitrogen and oxygen atoms in total. The lowest BCUT2D eigenvalue weighted by atomic mass is 10.1. The third kappa shape index (κ3) is 2.94. The largest absolute Gasteiger partial charge is 0.493 e. The lowest BCUT2D eigenvalue weighted by Crippen LogP contribution is -2.36. The van der Waals surface area contributed by atoms with E-state index in [2.05, 4.69) is 20.3 Å². The molecule has 1 aliphatic heterocycles. The second-order valence-electron chi connectivity index (χ2n) is 6.38. The highest BCUT2D eigenvalue weighted by molar-refractivity contribution is 6.00. The molecule has 7 heteroatoms. The first kappa shape index (κ1) is 15.6. The number of nitrogens with zero attached hydrogens (tertiary/aromatic N) is 4. The van der Waals surface area contributed by atoms with Crippen LogP contribution in [0.2, 0.25) is 0 Å². The maximum atomic E-state index is 12.6. The van der Waals surface area contributed by atoms with E-state index in [1.54, 1.807) is 6.07 Å². The normalized spacial score (nSPS) is 17.9. The number of benzene rings is 1. The third-order valence-corrected chi connectivity index (χ3v) is 4.49. The van der Waals surface area contributed by atoms with E-state index in [0.717, 1.165) is 25.1 Å². The Hall–Kier alpha value is -2.93. The number of aromatic hydroxyl groups is 1. The van der Waals surface area contributed by atoms with Gasteiger partial charge >= 0.3 is 0 Å². The molecule has 1 amide bonds. The Labute approximate surface area is 144 Å². The van der Waals surface area contributed by atoms with Crippen molar-refractivity contribution < 1.29 is 9.90 Å². The molecule has 0 aliphatic carbocycles. The topological polar surface area (TPSA) is 82.8 Å². The zero-order valence-corrected chi connectivity index (χ0v) is 13.9. The van der Waals surface area contributed by atoms with Crippen LogP contribution in [0.3, 0.4) is 0 Å². The van der Waals surface area contributed by atoms with E-state index in [9.17, 15) is 9.90 Å². The molecule has 2 N–H and O–H groups in total. The van der Waals surface area contributed by atoms with Gasteiger partial charge in [0.2, 0.25) is 5.88 Å². The summed E-state index contributed by atoms with van der Waals surface area (Å²) in [5, 5.41) is 17.4. The lowest BCUT2D eigenvalue weighted by molar-refractivity contribution is 0.0940. The van der Waals surface area contributed by atoms with E-state index in [1.807, 2.05) is 37.4 Å². The maximum absolute atomic E-state index is 12.6. The molecule has 1 aliphatic rings. The Kier molecular flexibility index (Phi) is 3.85. The Bertz CT molecular complexity index is 922. The zero-order valence-electron chi connectivity index (χ0n) is 13.9. The fourth-order valence-electron chi connectivity index (χ4n) is 3.18. The number of carbonyl (C=O) groups excluding carboxylic acids is 1. The highest BCUT2D eigenvalue weighted by atomic mass is 16.3. The van der Waals surface area contributed by atoms with Crippen molar-refractivity contribution in [2.75, 3.05) is 20.1 Å². The minimum absolute atomic E-state index is 0.0523. The van der Waals surface area contributed by atoms with Gasteiger partial charge in [0.1, 0.15) is 5.56 Å². The predicted molar refractivity (Wildman–Crippen MR) is 93.5 cm³/mol. The van der Waals surface area contributed by atoms with Gasteiger partial charge in [-0.05, 0) is 20.0 Å². The Morgan fingerprint density at radius 1 is 1.32 bits per heavy atom. The van der Waals surface area contributed by atoms with Gasteiger partial charge in [-0.25, -0.2) is 4.98 Å². The van der Waals surface area contributed by atoms with E-state index in [0.29, 0.717) is 16.9 Å². The van der Waals surface area contributed by atoms with Crippen LogP contribution >= 0.6 is 0 Å². The quantitative estimate of drug-likeness (QED) is 0.757. The Morgan fingerprint density at radius 3 is 2.84 bits per heavy atom. The first-order valence-corrected chi connectivity index (χ1v) is 8.24. The van der Waals surface area contributed by atoms with Crippen molar-refractivity contribution in [2.24, 2.45) is 0 Å². The number of nitrogens with one attached hydrogen (secondary N) is 1. The number of likely N-dealkylation sites (tertiary alicyclic amines) is 1. The van der Waals surface area contributed by atoms with E-state index in [-0.39, 0.29) is 17.8 Å². The molecule has 1 atom stereocenters. The van der Waals surface area contributed by atoms with Crippen LogP contribution in [-0.2, 0) is 0 Å². The van der Waals surface area contributed by atoms with E-state index in [4.69, 9.17) is 0 Å². The smallest absolute Gasteiger partial charge is 0.257 e. The second-order valence-corrected chi connectivity index (χ2v) is 6.38. The van der Waals surface area contributed by atoms with Crippen LogP contribution < -0.4 is 5.32 Å². The lowest BCUT2D eigenvalue weighted by Gasteiger charge is -2.12. The van der Waals surface area contributed by atoms with E-state index >= 15 is 0 Å². The fourth-order valence-corrected chi connectivity index (χ4v) is 3.18. The molecule has 1 saturated heterocycles. The minimum Gasteiger partial charge on any atom is -0.493 e. The maximum Gasteiger partial charge on any atom is 0.257 e. The second kappa shape index (κ2) is 6.18. The number of carbonyl (C=O) groups is 1. The van der Waals surface area contributed by atoms with Crippen molar-refractivity contribution in [1.29, 1.82) is 0 Å². The van der Waals surface area contributed by atoms with Gasteiger partial charge in [-0.1, -0.05) is 30.3 Å². The molecule has 1 unspecified atom stereocenters. The summed E-state index contributed by atoms with van der Waals surface area (Å²) in [5.41, 5.74) is 2.18. The van der Waals surface area contributed by atoms with Gasteiger partial charge in [0.25, 0.3) is 5.91 Å². The van der Waals surface area contributed by atoms with Crippen molar-refractivity contribution in [3.05, 3.63) is 48.2 Å². The molecule has 1 aromatic carbocycles. The SMILES string of the molecule is CN1CCC(NC(=O)c2cnn3c(O)cc(-c4ccccc4)nc23)C1. The van der Waals surface area contributed by atoms with Crippen molar-refractivity contribution in [1.82, 2.24) is 24.8 Å². The molecule has 0 bridgehead atoms. The minimum atomic E-state index is -0.215. The number of amides is 1. The zero-order chi connectivity index (χ0) is 17.4. The Morgan fingerprint density at radius 2 is 2.12 bits per heavy atom. The third-order valence-electron chi connectivity index (χ3n) is 4.49. The highest BCUT2D eigenvalue weighted by Crippen LogP contribution is 2.24. The summed E-state index contributed by atoms with van der Waals surface area (Å²) in [4.78, 5) is 19.4. The average molecular weight is 337 g/mol. The van der Waals surface area contributed by atoms with Crippen LogP contribution in [0.5, 0.6) is 5.88 Å². The van der Waals surface area contributed by atoms with Gasteiger partial charge in [-0.3, -0.25) is 4.79 Å². The van der Waals surface area contributed by atoms with Crippen LogP contribution in [0.25, 0.3) is 16.9 Å². The van der Waals surface area contributed by atoms with Crippen molar-refractivity contribution >= 4 is 11.6 Å². The molecule has 25 heavy (non-hydrogen) atoms. The summed E-state index contributed by atoms with van der Waals surface area (Å²) < 4.78 is 1.28. The van der Waals surface area contributed by atoms with Crippen LogP contribution in [0.15, 0.2) is 42.6 Å². The molecule has 2 aromatic heterocycles. The fraction of sp³-hybridized carbons (Fsp3) is 0.278. The van der Waals surface area contributed by atoms with Crippen molar-refractivity contribution in [3.8, 4) is 17.1 Å². The summed E-state index contributed by atoms with van der Waals surface area (Å²) in [5.74, 6) is -0.268. The standard InChI is InChI=1S/C18H19N5O2/c1-22-8-7-13(11-22)20-18(25)14-10-19-23-16(24)9-15(21-17(14)23)12-5-3-2-4-6-12/h2-6,9-10,13,24H,7-8,11H2,1H3,(H,20,25). The number of rotatable bonds is 3. The summed E-state index contributed by atoms with van der Waals surface area (Å²) in [6, 6.07) is 11.2. The number of fused-ring (bicyclic) bond motifs is 1. The number of likely N-dealkylation sites (N-methyl/N-ethyl adjacent to an activating group) is 1. The van der Waals surface area contributed by atoms with Gasteiger partial charge < -0.3 is 15.3 Å². The first-order valence-electron chi connectivity index (χ1n) is 8.24. The van der Waals surface area contributed by atoms with Crippen LogP contribution in [0, 0.1) is 0 Å². The van der Waals surface area contributed by atoms with Crippen LogP contribution in [0.1, 0.15) is 16.8 Å². The number of hydrogen-bond acceptors (Lipinski definition) is 5. The van der Waals surface area contributed by atoms with Crippen molar-refractivity contribution in [2.45, 2.75) is 12.5 Å². The van der Waals surface area contributed by atoms with E-state index < -0.39 is 0 Å². The van der Waals surface area contributed by atoms with Gasteiger partial charge in [-0.2, -0.15) is 9.61 Å². The summed E-state index contributed by atoms with van der Waals surface area (Å²) in [6.45, 7) is 1.80. The molecule has 3 aromatic rings. The Balaban J connectivity index is 1.70. The number of aromatic nitrogens is 3. The molecule has 128 valence electrons. The van der Waals surface area contributed by atoms with Crippen molar-refractivity contribution in [3.63, 3.8) is 0 Å². The molecule has 3 heterocycles. The molecule has 4 rings (SSSR count). The van der Waals surface area contributed by atoms with Gasteiger partial charge in [0, 0.05) is 24.2 Å². The summed E-state index contributed by atoms with van der Waals surface area (Å²) >= 11 is 0. The van der Waals surface area contributed by atoms with Gasteiger partial charge in [0.15, 0.2) is 5.65 Å². The van der Waals surface area contributed by atoms with Gasteiger partial charge in [-0.15, -0.1) is 0 Å².